The summed E-state index contributed by atoms with van der Waals surface area (Å²) in [5.74, 6) is -0.290. The average Bonchev–Trinajstić information content (AvgIpc) is 2.35. The van der Waals surface area contributed by atoms with Crippen LogP contribution in [0.25, 0.3) is 0 Å². The summed E-state index contributed by atoms with van der Waals surface area (Å²) in [6.45, 7) is 3.48. The first-order chi connectivity index (χ1) is 7.97. The lowest BCUT2D eigenvalue weighted by atomic mass is 10.2. The van der Waals surface area contributed by atoms with Crippen LogP contribution in [0.15, 0.2) is 23.4 Å². The molecule has 0 aliphatic rings. The first-order valence-electron chi connectivity index (χ1n) is 5.15. The summed E-state index contributed by atoms with van der Waals surface area (Å²) in [6, 6.07) is 4.71. The van der Waals surface area contributed by atoms with Gasteiger partial charge in [0.1, 0.15) is 5.69 Å². The van der Waals surface area contributed by atoms with Gasteiger partial charge in [-0.05, 0) is 26.0 Å². The van der Waals surface area contributed by atoms with E-state index < -0.39 is 6.04 Å². The Morgan fingerprint density at radius 2 is 2.24 bits per heavy atom. The van der Waals surface area contributed by atoms with Crippen LogP contribution in [0.3, 0.4) is 0 Å². The van der Waals surface area contributed by atoms with Gasteiger partial charge in [-0.15, -0.1) is 0 Å². The van der Waals surface area contributed by atoms with Crippen LogP contribution in [-0.4, -0.2) is 39.9 Å². The Morgan fingerprint density at radius 3 is 2.76 bits per heavy atom. The van der Waals surface area contributed by atoms with Gasteiger partial charge in [-0.25, -0.2) is 4.98 Å². The van der Waals surface area contributed by atoms with E-state index in [4.69, 9.17) is 10.9 Å². The number of rotatable bonds is 3. The maximum Gasteiger partial charge on any atom is 0.272 e. The molecule has 0 aliphatic carbocycles. The average molecular weight is 236 g/mol. The second kappa shape index (κ2) is 5.29. The summed E-state index contributed by atoms with van der Waals surface area (Å²) < 4.78 is 0. The van der Waals surface area contributed by atoms with Crippen LogP contribution < -0.4 is 5.73 Å². The van der Waals surface area contributed by atoms with Gasteiger partial charge in [0.05, 0.1) is 6.04 Å². The fourth-order valence-corrected chi connectivity index (χ4v) is 1.30. The molecule has 0 radical (unpaired) electrons. The zero-order valence-corrected chi connectivity index (χ0v) is 10.1. The third kappa shape index (κ3) is 2.93. The molecule has 17 heavy (non-hydrogen) atoms. The SMILES string of the molecule is Cc1cccc(C(=O)N(C)C(C)C(N)=NO)n1. The number of amidine groups is 1. The molecule has 0 spiro atoms. The minimum absolute atomic E-state index is 0.0199. The van der Waals surface area contributed by atoms with Crippen LogP contribution in [0.5, 0.6) is 0 Å². The molecule has 3 N–H and O–H groups in total. The van der Waals surface area contributed by atoms with Gasteiger partial charge in [-0.2, -0.15) is 0 Å². The van der Waals surface area contributed by atoms with Crippen molar-refractivity contribution in [2.45, 2.75) is 19.9 Å². The molecule has 0 aromatic carbocycles. The summed E-state index contributed by atoms with van der Waals surface area (Å²) in [5, 5.41) is 11.4. The Labute approximate surface area is 99.7 Å². The van der Waals surface area contributed by atoms with Gasteiger partial charge in [-0.1, -0.05) is 11.2 Å². The molecule has 6 nitrogen and oxygen atoms in total. The second-order valence-corrected chi connectivity index (χ2v) is 3.78. The van der Waals surface area contributed by atoms with E-state index in [1.165, 1.54) is 4.90 Å². The molecule has 0 fully saturated rings. The maximum absolute atomic E-state index is 12.0. The molecule has 1 aromatic heterocycles. The Morgan fingerprint density at radius 1 is 1.59 bits per heavy atom. The number of aryl methyl sites for hydroxylation is 1. The molecule has 0 saturated heterocycles. The quantitative estimate of drug-likeness (QED) is 0.348. The van der Waals surface area contributed by atoms with Crippen LogP contribution >= 0.6 is 0 Å². The molecule has 1 unspecified atom stereocenters. The van der Waals surface area contributed by atoms with E-state index in [0.717, 1.165) is 5.69 Å². The van der Waals surface area contributed by atoms with Crippen LogP contribution in [0.2, 0.25) is 0 Å². The number of carbonyl (C=O) groups excluding carboxylic acids is 1. The van der Waals surface area contributed by atoms with Crippen LogP contribution in [0.1, 0.15) is 23.1 Å². The third-order valence-corrected chi connectivity index (χ3v) is 2.55. The second-order valence-electron chi connectivity index (χ2n) is 3.78. The van der Waals surface area contributed by atoms with Crippen molar-refractivity contribution in [1.82, 2.24) is 9.88 Å². The molecule has 1 rings (SSSR count). The first kappa shape index (κ1) is 13.0. The van der Waals surface area contributed by atoms with Gasteiger partial charge in [-0.3, -0.25) is 4.79 Å². The van der Waals surface area contributed by atoms with Crippen molar-refractivity contribution in [3.8, 4) is 0 Å². The topological polar surface area (TPSA) is 91.8 Å². The van der Waals surface area contributed by atoms with E-state index in [0.29, 0.717) is 5.69 Å². The lowest BCUT2D eigenvalue weighted by molar-refractivity contribution is 0.0770. The molecule has 1 amide bonds. The fraction of sp³-hybridized carbons (Fsp3) is 0.364. The third-order valence-electron chi connectivity index (χ3n) is 2.55. The highest BCUT2D eigenvalue weighted by atomic mass is 16.4. The molecule has 0 bridgehead atoms. The van der Waals surface area contributed by atoms with Gasteiger partial charge in [0.15, 0.2) is 5.84 Å². The Kier molecular flexibility index (Phi) is 4.03. The number of carbonyl (C=O) groups is 1. The highest BCUT2D eigenvalue weighted by molar-refractivity contribution is 5.96. The van der Waals surface area contributed by atoms with Gasteiger partial charge >= 0.3 is 0 Å². The predicted molar refractivity (Wildman–Crippen MR) is 63.9 cm³/mol. The number of aromatic nitrogens is 1. The van der Waals surface area contributed by atoms with E-state index in [9.17, 15) is 4.79 Å². The fourth-order valence-electron chi connectivity index (χ4n) is 1.30. The number of nitrogens with zero attached hydrogens (tertiary/aromatic N) is 3. The molecule has 6 heteroatoms. The smallest absolute Gasteiger partial charge is 0.272 e. The Bertz CT molecular complexity index is 445. The zero-order valence-electron chi connectivity index (χ0n) is 10.1. The number of amides is 1. The lowest BCUT2D eigenvalue weighted by Crippen LogP contribution is -2.44. The molecule has 1 aromatic rings. The normalized spacial score (nSPS) is 13.2. The van der Waals surface area contributed by atoms with Gasteiger partial charge in [0.2, 0.25) is 0 Å². The molecule has 92 valence electrons. The van der Waals surface area contributed by atoms with Gasteiger partial charge in [0.25, 0.3) is 5.91 Å². The molecule has 1 atom stereocenters. The lowest BCUT2D eigenvalue weighted by Gasteiger charge is -2.23. The van der Waals surface area contributed by atoms with Crippen molar-refractivity contribution in [3.63, 3.8) is 0 Å². The number of nitrogens with two attached hydrogens (primary N) is 1. The van der Waals surface area contributed by atoms with Crippen molar-refractivity contribution < 1.29 is 10.0 Å². The minimum Gasteiger partial charge on any atom is -0.409 e. The van der Waals surface area contributed by atoms with Crippen molar-refractivity contribution in [1.29, 1.82) is 0 Å². The summed E-state index contributed by atoms with van der Waals surface area (Å²) in [4.78, 5) is 17.5. The summed E-state index contributed by atoms with van der Waals surface area (Å²) in [5.41, 5.74) is 6.55. The van der Waals surface area contributed by atoms with Crippen molar-refractivity contribution >= 4 is 11.7 Å². The van der Waals surface area contributed by atoms with E-state index in [-0.39, 0.29) is 11.7 Å². The number of likely N-dealkylation sites (N-methyl/N-ethyl adjacent to an activating group) is 1. The molecule has 0 saturated carbocycles. The summed E-state index contributed by atoms with van der Waals surface area (Å²) >= 11 is 0. The van der Waals surface area contributed by atoms with Crippen LogP contribution in [-0.2, 0) is 0 Å². The first-order valence-corrected chi connectivity index (χ1v) is 5.15. The number of oxime groups is 1. The van der Waals surface area contributed by atoms with Crippen molar-refractivity contribution in [2.75, 3.05) is 7.05 Å². The van der Waals surface area contributed by atoms with Crippen molar-refractivity contribution in [2.24, 2.45) is 10.9 Å². The highest BCUT2D eigenvalue weighted by Gasteiger charge is 2.21. The molecular formula is C11H16N4O2. The number of hydrogen-bond donors (Lipinski definition) is 2. The predicted octanol–water partition coefficient (Wildman–Crippen LogP) is 0.597. The highest BCUT2D eigenvalue weighted by Crippen LogP contribution is 2.05. The van der Waals surface area contributed by atoms with Gasteiger partial charge < -0.3 is 15.8 Å². The van der Waals surface area contributed by atoms with E-state index >= 15 is 0 Å². The zero-order chi connectivity index (χ0) is 13.0. The van der Waals surface area contributed by atoms with E-state index in [1.807, 2.05) is 13.0 Å². The standard InChI is InChI=1S/C11H16N4O2/c1-7-5-4-6-9(13-7)11(16)15(3)8(2)10(12)14-17/h4-6,8,17H,1-3H3,(H2,12,14). The number of pyridine rings is 1. The molecule has 0 aliphatic heterocycles. The maximum atomic E-state index is 12.0. The number of hydrogen-bond acceptors (Lipinski definition) is 4. The van der Waals surface area contributed by atoms with Gasteiger partial charge in [0, 0.05) is 12.7 Å². The van der Waals surface area contributed by atoms with Crippen LogP contribution in [0, 0.1) is 6.92 Å². The Hall–Kier alpha value is -2.11. The largest absolute Gasteiger partial charge is 0.409 e. The minimum atomic E-state index is -0.491. The summed E-state index contributed by atoms with van der Waals surface area (Å²) in [7, 11) is 1.58. The monoisotopic (exact) mass is 236 g/mol. The summed E-state index contributed by atoms with van der Waals surface area (Å²) in [6.07, 6.45) is 0. The molecular weight excluding hydrogens is 220 g/mol. The van der Waals surface area contributed by atoms with Crippen LogP contribution in [0.4, 0.5) is 0 Å². The molecule has 1 heterocycles. The van der Waals surface area contributed by atoms with E-state index in [1.54, 1.807) is 26.1 Å². The van der Waals surface area contributed by atoms with Crippen molar-refractivity contribution in [3.05, 3.63) is 29.6 Å². The van der Waals surface area contributed by atoms with E-state index in [2.05, 4.69) is 10.1 Å². The Balaban J connectivity index is 2.90.